The lowest BCUT2D eigenvalue weighted by Gasteiger charge is -2.11. The van der Waals surface area contributed by atoms with Gasteiger partial charge in [-0.1, -0.05) is 11.3 Å². The van der Waals surface area contributed by atoms with E-state index >= 15 is 4.39 Å². The summed E-state index contributed by atoms with van der Waals surface area (Å²) < 4.78 is 40.2. The number of pyridine rings is 1. The molecule has 1 amide bonds. The average molecular weight is 447 g/mol. The Balaban J connectivity index is 1.60. The van der Waals surface area contributed by atoms with E-state index in [-0.39, 0.29) is 17.2 Å². The molecule has 0 bridgehead atoms. The highest BCUT2D eigenvalue weighted by atomic mass is 32.2. The summed E-state index contributed by atoms with van der Waals surface area (Å²) in [7, 11) is -1.54. The molecule has 11 heteroatoms. The van der Waals surface area contributed by atoms with E-state index in [1.165, 1.54) is 6.26 Å². The van der Waals surface area contributed by atoms with Crippen LogP contribution in [0.3, 0.4) is 0 Å². The molecule has 1 aromatic carbocycles. The van der Waals surface area contributed by atoms with Crippen molar-refractivity contribution < 1.29 is 17.8 Å². The van der Waals surface area contributed by atoms with Gasteiger partial charge in [0.05, 0.1) is 34.1 Å². The van der Waals surface area contributed by atoms with Crippen molar-refractivity contribution in [3.05, 3.63) is 29.7 Å². The van der Waals surface area contributed by atoms with Crippen molar-refractivity contribution in [1.29, 1.82) is 0 Å². The van der Waals surface area contributed by atoms with Gasteiger partial charge in [-0.3, -0.25) is 14.1 Å². The molecule has 1 aliphatic rings. The molecule has 0 spiro atoms. The number of aromatic nitrogens is 4. The lowest BCUT2D eigenvalue weighted by Crippen LogP contribution is -2.14. The molecule has 1 fully saturated rings. The van der Waals surface area contributed by atoms with Gasteiger partial charge in [0, 0.05) is 17.2 Å². The van der Waals surface area contributed by atoms with E-state index in [1.54, 1.807) is 25.3 Å². The SMILES string of the molecule is Cc1c(F)c(S(C)=O)c2[nH]ncc2c1-c1ccc2nc(NC(=O)[C@@H]3C[C@@H]3F)sc2n1. The van der Waals surface area contributed by atoms with Gasteiger partial charge in [0.1, 0.15) is 27.2 Å². The predicted octanol–water partition coefficient (Wildman–Crippen LogP) is 3.72. The largest absolute Gasteiger partial charge is 0.302 e. The van der Waals surface area contributed by atoms with Crippen LogP contribution < -0.4 is 5.32 Å². The summed E-state index contributed by atoms with van der Waals surface area (Å²) in [5.41, 5.74) is 2.32. The molecular formula is C19H15F2N5O2S2. The number of aromatic amines is 1. The molecule has 3 aromatic heterocycles. The van der Waals surface area contributed by atoms with Crippen molar-refractivity contribution in [3.63, 3.8) is 0 Å². The van der Waals surface area contributed by atoms with Crippen molar-refractivity contribution in [2.75, 3.05) is 11.6 Å². The van der Waals surface area contributed by atoms with Gasteiger partial charge in [0.15, 0.2) is 5.13 Å². The molecule has 0 aliphatic heterocycles. The number of benzene rings is 1. The first-order chi connectivity index (χ1) is 14.3. The molecule has 5 rings (SSSR count). The highest BCUT2D eigenvalue weighted by Gasteiger charge is 2.43. The number of rotatable bonds is 4. The first-order valence-corrected chi connectivity index (χ1v) is 11.4. The zero-order valence-corrected chi connectivity index (χ0v) is 17.5. The van der Waals surface area contributed by atoms with Crippen LogP contribution in [0.1, 0.15) is 12.0 Å². The lowest BCUT2D eigenvalue weighted by atomic mass is 10.00. The van der Waals surface area contributed by atoms with Gasteiger partial charge >= 0.3 is 0 Å². The van der Waals surface area contributed by atoms with E-state index in [2.05, 4.69) is 25.5 Å². The Morgan fingerprint density at radius 2 is 2.13 bits per heavy atom. The molecule has 7 nitrogen and oxygen atoms in total. The molecule has 4 aromatic rings. The maximum Gasteiger partial charge on any atom is 0.232 e. The zero-order chi connectivity index (χ0) is 21.2. The lowest BCUT2D eigenvalue weighted by molar-refractivity contribution is -0.117. The van der Waals surface area contributed by atoms with E-state index in [0.717, 1.165) is 11.3 Å². The second kappa shape index (κ2) is 6.88. The minimum Gasteiger partial charge on any atom is -0.302 e. The summed E-state index contributed by atoms with van der Waals surface area (Å²) in [5, 5.41) is 10.3. The van der Waals surface area contributed by atoms with Crippen LogP contribution in [0.4, 0.5) is 13.9 Å². The van der Waals surface area contributed by atoms with Crippen LogP contribution in [0.5, 0.6) is 0 Å². The third-order valence-electron chi connectivity index (χ3n) is 5.12. The molecule has 30 heavy (non-hydrogen) atoms. The number of alkyl halides is 1. The summed E-state index contributed by atoms with van der Waals surface area (Å²) in [5.74, 6) is -1.56. The normalized spacial score (nSPS) is 19.3. The van der Waals surface area contributed by atoms with Gasteiger partial charge in [0.2, 0.25) is 5.91 Å². The Morgan fingerprint density at radius 1 is 1.37 bits per heavy atom. The Labute approximate surface area is 175 Å². The van der Waals surface area contributed by atoms with Crippen LogP contribution in [-0.4, -0.2) is 42.7 Å². The highest BCUT2D eigenvalue weighted by molar-refractivity contribution is 7.84. The standard InChI is InChI=1S/C19H15F2N5O2S2/c1-7-13(9-6-22-26-15(9)16(14(7)21)30(2)28)11-3-4-12-18(23-11)29-19(24-12)25-17(27)8-5-10(8)20/h3-4,6,8,10H,5H2,1-2H3,(H,22,26)(H,24,25,27)/t8-,10+,30?/m1/s1. The molecule has 3 heterocycles. The molecule has 1 aliphatic carbocycles. The summed E-state index contributed by atoms with van der Waals surface area (Å²) in [6.45, 7) is 1.61. The molecule has 2 N–H and O–H groups in total. The van der Waals surface area contributed by atoms with E-state index in [0.29, 0.717) is 43.2 Å². The van der Waals surface area contributed by atoms with Crippen LogP contribution in [0.15, 0.2) is 23.2 Å². The predicted molar refractivity (Wildman–Crippen MR) is 111 cm³/mol. The number of nitrogens with zero attached hydrogens (tertiary/aromatic N) is 3. The number of carbonyl (C=O) groups excluding carboxylic acids is 1. The number of carbonyl (C=O) groups is 1. The number of fused-ring (bicyclic) bond motifs is 2. The number of amides is 1. The molecular weight excluding hydrogens is 432 g/mol. The summed E-state index contributed by atoms with van der Waals surface area (Å²) in [6.07, 6.45) is 2.13. The number of halogens is 2. The first kappa shape index (κ1) is 19.2. The van der Waals surface area contributed by atoms with Gasteiger partial charge in [-0.2, -0.15) is 5.10 Å². The van der Waals surface area contributed by atoms with Crippen LogP contribution in [0.25, 0.3) is 32.5 Å². The second-order valence-corrected chi connectivity index (χ2v) is 9.44. The van der Waals surface area contributed by atoms with E-state index < -0.39 is 28.7 Å². The quantitative estimate of drug-likeness (QED) is 0.497. The number of hydrogen-bond acceptors (Lipinski definition) is 6. The number of anilines is 1. The topological polar surface area (TPSA) is 101 Å². The number of hydrogen-bond donors (Lipinski definition) is 2. The minimum absolute atomic E-state index is 0.0823. The summed E-state index contributed by atoms with van der Waals surface area (Å²) in [6, 6.07) is 3.44. The van der Waals surface area contributed by atoms with Crippen molar-refractivity contribution >= 4 is 54.4 Å². The van der Waals surface area contributed by atoms with Gasteiger partial charge in [-0.05, 0) is 31.0 Å². The van der Waals surface area contributed by atoms with Crippen LogP contribution in [0, 0.1) is 18.7 Å². The van der Waals surface area contributed by atoms with E-state index in [4.69, 9.17) is 0 Å². The molecule has 0 saturated heterocycles. The average Bonchev–Trinajstić information content (AvgIpc) is 3.08. The molecule has 1 saturated carbocycles. The summed E-state index contributed by atoms with van der Waals surface area (Å²) >= 11 is 1.16. The van der Waals surface area contributed by atoms with Crippen LogP contribution >= 0.6 is 11.3 Å². The number of thiazole rings is 1. The Kier molecular flexibility index (Phi) is 4.40. The Morgan fingerprint density at radius 3 is 2.83 bits per heavy atom. The summed E-state index contributed by atoms with van der Waals surface area (Å²) in [4.78, 5) is 21.5. The Hall–Kier alpha value is -2.79. The van der Waals surface area contributed by atoms with Crippen LogP contribution in [0.2, 0.25) is 0 Å². The highest BCUT2D eigenvalue weighted by Crippen LogP contribution is 2.38. The number of nitrogens with one attached hydrogen (secondary N) is 2. The third kappa shape index (κ3) is 3.00. The molecule has 154 valence electrons. The second-order valence-electron chi connectivity index (χ2n) is 7.14. The molecule has 1 unspecified atom stereocenters. The van der Waals surface area contributed by atoms with E-state index in [9.17, 15) is 13.4 Å². The van der Waals surface area contributed by atoms with Crippen molar-refractivity contribution in [3.8, 4) is 11.3 Å². The van der Waals surface area contributed by atoms with Crippen molar-refractivity contribution in [2.24, 2.45) is 5.92 Å². The Bertz CT molecular complexity index is 1370. The first-order valence-electron chi connectivity index (χ1n) is 9.06. The smallest absolute Gasteiger partial charge is 0.232 e. The molecule has 0 radical (unpaired) electrons. The van der Waals surface area contributed by atoms with Gasteiger partial charge < -0.3 is 5.32 Å². The van der Waals surface area contributed by atoms with Crippen LogP contribution in [-0.2, 0) is 15.6 Å². The van der Waals surface area contributed by atoms with Gasteiger partial charge in [-0.15, -0.1) is 0 Å². The maximum atomic E-state index is 15.0. The monoisotopic (exact) mass is 447 g/mol. The number of H-pyrrole nitrogens is 1. The fourth-order valence-corrected chi connectivity index (χ4v) is 5.17. The fraction of sp³-hybridized carbons (Fsp3) is 0.263. The fourth-order valence-electron chi connectivity index (χ4n) is 3.48. The maximum absolute atomic E-state index is 15.0. The molecule has 3 atom stereocenters. The van der Waals surface area contributed by atoms with Gasteiger partial charge in [-0.25, -0.2) is 18.7 Å². The zero-order valence-electron chi connectivity index (χ0n) is 15.8. The van der Waals surface area contributed by atoms with E-state index in [1.807, 2.05) is 0 Å². The minimum atomic E-state index is -1.54. The third-order valence-corrected chi connectivity index (χ3v) is 6.96. The van der Waals surface area contributed by atoms with Crippen molar-refractivity contribution in [2.45, 2.75) is 24.4 Å². The van der Waals surface area contributed by atoms with Crippen molar-refractivity contribution in [1.82, 2.24) is 20.2 Å². The van der Waals surface area contributed by atoms with Gasteiger partial charge in [0.25, 0.3) is 0 Å².